The first-order valence-corrected chi connectivity index (χ1v) is 11.6. The zero-order valence-corrected chi connectivity index (χ0v) is 18.2. The number of amides is 1. The Labute approximate surface area is 175 Å². The van der Waals surface area contributed by atoms with Gasteiger partial charge in [0.15, 0.2) is 5.96 Å². The molecule has 164 valence electrons. The number of hydrogen-bond acceptors (Lipinski definition) is 4. The Bertz CT molecular complexity index is 582. The highest BCUT2D eigenvalue weighted by atomic mass is 16.5. The van der Waals surface area contributed by atoms with Crippen molar-refractivity contribution in [1.82, 2.24) is 20.4 Å². The normalized spacial score (nSPS) is 33.2. The summed E-state index contributed by atoms with van der Waals surface area (Å²) < 4.78 is 5.53. The summed E-state index contributed by atoms with van der Waals surface area (Å²) in [6.45, 7) is 5.52. The van der Waals surface area contributed by atoms with Crippen LogP contribution in [-0.2, 0) is 9.53 Å². The first-order chi connectivity index (χ1) is 14.1. The van der Waals surface area contributed by atoms with Crippen LogP contribution in [0.3, 0.4) is 0 Å². The summed E-state index contributed by atoms with van der Waals surface area (Å²) >= 11 is 0. The minimum Gasteiger partial charge on any atom is -0.381 e. The van der Waals surface area contributed by atoms with Crippen LogP contribution in [0.5, 0.6) is 0 Å². The number of rotatable bonds is 6. The molecule has 4 aliphatic rings. The summed E-state index contributed by atoms with van der Waals surface area (Å²) in [4.78, 5) is 20.9. The summed E-state index contributed by atoms with van der Waals surface area (Å²) in [5, 5.41) is 7.36. The molecule has 2 saturated carbocycles. The molecule has 2 N–H and O–H groups in total. The van der Waals surface area contributed by atoms with Gasteiger partial charge in [-0.1, -0.05) is 6.42 Å². The third-order valence-electron chi connectivity index (χ3n) is 7.40. The maximum Gasteiger partial charge on any atom is 0.243 e. The van der Waals surface area contributed by atoms with Crippen LogP contribution < -0.4 is 10.6 Å². The van der Waals surface area contributed by atoms with E-state index in [4.69, 9.17) is 4.74 Å². The molecule has 0 spiro atoms. The van der Waals surface area contributed by atoms with E-state index in [0.717, 1.165) is 56.9 Å². The van der Waals surface area contributed by atoms with E-state index >= 15 is 0 Å². The van der Waals surface area contributed by atoms with E-state index in [2.05, 4.69) is 20.5 Å². The number of piperidine rings is 1. The summed E-state index contributed by atoms with van der Waals surface area (Å²) in [6, 6.07) is 0.960. The topological polar surface area (TPSA) is 69.2 Å². The highest BCUT2D eigenvalue weighted by molar-refractivity contribution is 5.85. The number of ether oxygens (including phenoxy) is 1. The zero-order valence-electron chi connectivity index (χ0n) is 18.2. The first kappa shape index (κ1) is 20.9. The van der Waals surface area contributed by atoms with Crippen LogP contribution in [0.15, 0.2) is 4.99 Å². The number of carbonyl (C=O) groups is 1. The molecule has 0 radical (unpaired) electrons. The van der Waals surface area contributed by atoms with Gasteiger partial charge in [0.2, 0.25) is 5.91 Å². The molecule has 4 rings (SSSR count). The molecule has 7 heteroatoms. The van der Waals surface area contributed by atoms with Gasteiger partial charge in [0.05, 0.1) is 6.61 Å². The molecule has 2 saturated heterocycles. The summed E-state index contributed by atoms with van der Waals surface area (Å²) in [5.74, 6) is 3.29. The maximum atomic E-state index is 12.1. The Kier molecular flexibility index (Phi) is 6.96. The molecule has 2 aliphatic heterocycles. The first-order valence-electron chi connectivity index (χ1n) is 11.6. The van der Waals surface area contributed by atoms with Crippen molar-refractivity contribution in [3.8, 4) is 0 Å². The fraction of sp³-hybridized carbons (Fsp3) is 0.909. The van der Waals surface area contributed by atoms with E-state index in [0.29, 0.717) is 18.0 Å². The smallest absolute Gasteiger partial charge is 0.243 e. The van der Waals surface area contributed by atoms with Gasteiger partial charge < -0.3 is 25.2 Å². The minimum absolute atomic E-state index is 0.0487. The second-order valence-corrected chi connectivity index (χ2v) is 9.83. The van der Waals surface area contributed by atoms with Gasteiger partial charge in [0.1, 0.15) is 6.54 Å². The van der Waals surface area contributed by atoms with Crippen LogP contribution in [0.1, 0.15) is 44.9 Å². The summed E-state index contributed by atoms with van der Waals surface area (Å²) in [6.07, 6.45) is 8.84. The highest BCUT2D eigenvalue weighted by Gasteiger charge is 2.40. The molecule has 1 amide bonds. The molecular formula is C22H39N5O2. The van der Waals surface area contributed by atoms with Crippen molar-refractivity contribution in [3.05, 3.63) is 0 Å². The Balaban J connectivity index is 1.29. The molecule has 0 aromatic heterocycles. The lowest BCUT2D eigenvalue weighted by atomic mass is 9.95. The van der Waals surface area contributed by atoms with Crippen LogP contribution in [-0.4, -0.2) is 87.2 Å². The number of likely N-dealkylation sites (N-methyl/N-ethyl adjacent to an activating group) is 1. The molecule has 4 fully saturated rings. The monoisotopic (exact) mass is 405 g/mol. The number of aliphatic imine (C=N–C) groups is 1. The Morgan fingerprint density at radius 1 is 1.10 bits per heavy atom. The Morgan fingerprint density at radius 3 is 2.55 bits per heavy atom. The average molecular weight is 406 g/mol. The minimum atomic E-state index is 0.0487. The van der Waals surface area contributed by atoms with Crippen LogP contribution in [0, 0.1) is 17.8 Å². The number of carbonyl (C=O) groups excluding carboxylic acids is 1. The summed E-state index contributed by atoms with van der Waals surface area (Å²) in [5.41, 5.74) is 0. The van der Waals surface area contributed by atoms with Crippen molar-refractivity contribution < 1.29 is 9.53 Å². The van der Waals surface area contributed by atoms with Gasteiger partial charge in [-0.3, -0.25) is 4.79 Å². The average Bonchev–Trinajstić information content (AvgIpc) is 3.46. The number of nitrogens with zero attached hydrogens (tertiary/aromatic N) is 3. The Hall–Kier alpha value is -1.34. The van der Waals surface area contributed by atoms with E-state index in [1.165, 1.54) is 38.6 Å². The second-order valence-electron chi connectivity index (χ2n) is 9.83. The fourth-order valence-electron chi connectivity index (χ4n) is 5.56. The van der Waals surface area contributed by atoms with Gasteiger partial charge in [-0.25, -0.2) is 4.99 Å². The highest BCUT2D eigenvalue weighted by Crippen LogP contribution is 2.44. The molecule has 29 heavy (non-hydrogen) atoms. The SMILES string of the molecule is CN(C)C(=O)CN=C(NC1CCN(CC2CCOC2)CC1)NC1CC2CCC1C2. The van der Waals surface area contributed by atoms with Crippen molar-refractivity contribution in [3.63, 3.8) is 0 Å². The number of hydrogen-bond donors (Lipinski definition) is 2. The lowest BCUT2D eigenvalue weighted by Gasteiger charge is -2.35. The number of fused-ring (bicyclic) bond motifs is 2. The van der Waals surface area contributed by atoms with Crippen molar-refractivity contribution in [2.24, 2.45) is 22.7 Å². The van der Waals surface area contributed by atoms with E-state index in [1.54, 1.807) is 19.0 Å². The third-order valence-corrected chi connectivity index (χ3v) is 7.40. The Morgan fingerprint density at radius 2 is 1.93 bits per heavy atom. The van der Waals surface area contributed by atoms with Gasteiger partial charge >= 0.3 is 0 Å². The van der Waals surface area contributed by atoms with E-state index in [9.17, 15) is 4.79 Å². The van der Waals surface area contributed by atoms with Gasteiger partial charge in [-0.2, -0.15) is 0 Å². The molecule has 2 bridgehead atoms. The maximum absolute atomic E-state index is 12.1. The number of guanidine groups is 1. The molecular weight excluding hydrogens is 366 g/mol. The second kappa shape index (κ2) is 9.65. The number of nitrogens with one attached hydrogen (secondary N) is 2. The standard InChI is InChI=1S/C22H39N5O2/c1-26(2)21(28)13-23-22(25-20-12-16-3-4-18(20)11-16)24-19-5-8-27(9-6-19)14-17-7-10-29-15-17/h16-20H,3-15H2,1-2H3,(H2,23,24,25). The van der Waals surface area contributed by atoms with Gasteiger partial charge in [0, 0.05) is 52.4 Å². The van der Waals surface area contributed by atoms with Gasteiger partial charge in [0.25, 0.3) is 0 Å². The van der Waals surface area contributed by atoms with Crippen molar-refractivity contribution in [1.29, 1.82) is 0 Å². The van der Waals surface area contributed by atoms with Crippen LogP contribution in [0.25, 0.3) is 0 Å². The number of likely N-dealkylation sites (tertiary alicyclic amines) is 1. The van der Waals surface area contributed by atoms with E-state index in [1.807, 2.05) is 0 Å². The lowest BCUT2D eigenvalue weighted by Crippen LogP contribution is -2.52. The molecule has 4 atom stereocenters. The predicted octanol–water partition coefficient (Wildman–Crippen LogP) is 1.30. The largest absolute Gasteiger partial charge is 0.381 e. The van der Waals surface area contributed by atoms with Crippen molar-refractivity contribution in [2.75, 3.05) is 53.5 Å². The molecule has 7 nitrogen and oxygen atoms in total. The fourth-order valence-corrected chi connectivity index (χ4v) is 5.56. The third kappa shape index (κ3) is 5.63. The van der Waals surface area contributed by atoms with Gasteiger partial charge in [-0.15, -0.1) is 0 Å². The lowest BCUT2D eigenvalue weighted by molar-refractivity contribution is -0.127. The molecule has 2 heterocycles. The van der Waals surface area contributed by atoms with Crippen LogP contribution in [0.2, 0.25) is 0 Å². The van der Waals surface area contributed by atoms with E-state index in [-0.39, 0.29) is 12.5 Å². The quantitative estimate of drug-likeness (QED) is 0.515. The van der Waals surface area contributed by atoms with E-state index < -0.39 is 0 Å². The van der Waals surface area contributed by atoms with Crippen LogP contribution in [0.4, 0.5) is 0 Å². The van der Waals surface area contributed by atoms with Crippen molar-refractivity contribution in [2.45, 2.75) is 57.0 Å². The zero-order chi connectivity index (χ0) is 20.2. The van der Waals surface area contributed by atoms with Gasteiger partial charge in [-0.05, 0) is 56.3 Å². The summed E-state index contributed by atoms with van der Waals surface area (Å²) in [7, 11) is 3.58. The van der Waals surface area contributed by atoms with Crippen molar-refractivity contribution >= 4 is 11.9 Å². The molecule has 0 aromatic carbocycles. The molecule has 4 unspecified atom stereocenters. The predicted molar refractivity (Wildman–Crippen MR) is 115 cm³/mol. The molecule has 0 aromatic rings. The van der Waals surface area contributed by atoms with Crippen LogP contribution >= 0.6 is 0 Å². The molecule has 2 aliphatic carbocycles.